The van der Waals surface area contributed by atoms with Gasteiger partial charge in [0.05, 0.1) is 39.6 Å². The molecule has 5 N–H and O–H groups in total. The largest absolute Gasteiger partial charge is 0.457 e. The summed E-state index contributed by atoms with van der Waals surface area (Å²) < 4.78 is 15.0. The van der Waals surface area contributed by atoms with Crippen LogP contribution in [0.4, 0.5) is 0 Å². The topological polar surface area (TPSA) is 129 Å². The number of aliphatic hydroxyl groups is 5. The number of allylic oxidation sites excluding steroid dienone is 1. The van der Waals surface area contributed by atoms with E-state index in [0.29, 0.717) is 19.8 Å². The molecule has 43 heavy (non-hydrogen) atoms. The fourth-order valence-electron chi connectivity index (χ4n) is 2.79. The molecule has 0 amide bonds. The van der Waals surface area contributed by atoms with Crippen LogP contribution in [0.15, 0.2) is 73.3 Å². The standard InChI is InChI=1S/C12H10O.C10H22O.C4H10O3.C4H10O.C3H6.C2H6O2/c1-3-7-11(8-4-1)13-12-9-5-2-6-10-12;1-2-3-4-5-6-7-8-9-10-11;5-1-3-7-4-2-6;1-3-5-4-2;1-3-2;3-1-2-4/h1-10H;11H,2-10H2,1H3;5-6H,1-4H2;3-4H2,1-2H3;3H,1H2,2H3;3-4H,1-2H2. The van der Waals surface area contributed by atoms with Gasteiger partial charge in [0.1, 0.15) is 11.5 Å². The maximum absolute atomic E-state index is 8.51. The van der Waals surface area contributed by atoms with E-state index >= 15 is 0 Å². The first-order chi connectivity index (χ1) is 21.0. The number of hydrogen-bond acceptors (Lipinski definition) is 8. The first-order valence-electron chi connectivity index (χ1n) is 15.6. The second-order valence-corrected chi connectivity index (χ2v) is 8.62. The summed E-state index contributed by atoms with van der Waals surface area (Å²) in [4.78, 5) is 0. The summed E-state index contributed by atoms with van der Waals surface area (Å²) in [7, 11) is 0. The van der Waals surface area contributed by atoms with Crippen molar-refractivity contribution in [1.82, 2.24) is 0 Å². The third kappa shape index (κ3) is 52.8. The molecule has 0 aliphatic carbocycles. The molecule has 2 aromatic carbocycles. The minimum absolute atomic E-state index is 0.0278. The molecule has 2 aromatic rings. The Kier molecular flexibility index (Phi) is 54.7. The number of rotatable bonds is 17. The van der Waals surface area contributed by atoms with Crippen molar-refractivity contribution in [2.45, 2.75) is 79.1 Å². The summed E-state index contributed by atoms with van der Waals surface area (Å²) in [5, 5.41) is 39.9. The monoisotopic (exact) mass is 612 g/mol. The van der Waals surface area contributed by atoms with E-state index in [4.69, 9.17) is 35.0 Å². The quantitative estimate of drug-likeness (QED) is 0.0976. The molecular weight excluding hydrogens is 548 g/mol. The van der Waals surface area contributed by atoms with Crippen molar-refractivity contribution in [3.63, 3.8) is 0 Å². The lowest BCUT2D eigenvalue weighted by molar-refractivity contribution is 0.0650. The Morgan fingerprint density at radius 2 is 0.907 bits per heavy atom. The van der Waals surface area contributed by atoms with Crippen LogP contribution in [0.5, 0.6) is 11.5 Å². The van der Waals surface area contributed by atoms with Gasteiger partial charge in [-0.25, -0.2) is 0 Å². The normalized spacial score (nSPS) is 9.05. The highest BCUT2D eigenvalue weighted by Gasteiger charge is 1.92. The Hall–Kier alpha value is -2.30. The predicted octanol–water partition coefficient (Wildman–Crippen LogP) is 6.79. The third-order valence-electron chi connectivity index (χ3n) is 4.71. The van der Waals surface area contributed by atoms with Crippen molar-refractivity contribution in [2.75, 3.05) is 59.5 Å². The predicted molar refractivity (Wildman–Crippen MR) is 180 cm³/mol. The SMILES string of the molecule is C=CC.CCCCCCCCCCO.CCOCC.OCCO.OCCOCCO.c1ccc(Oc2ccccc2)cc1. The number of para-hydroxylation sites is 2. The van der Waals surface area contributed by atoms with Crippen LogP contribution >= 0.6 is 0 Å². The summed E-state index contributed by atoms with van der Waals surface area (Å²) in [6.45, 7) is 14.0. The minimum Gasteiger partial charge on any atom is -0.457 e. The van der Waals surface area contributed by atoms with E-state index in [-0.39, 0.29) is 26.4 Å². The van der Waals surface area contributed by atoms with Gasteiger partial charge in [-0.3, -0.25) is 0 Å². The summed E-state index contributed by atoms with van der Waals surface area (Å²) >= 11 is 0. The highest BCUT2D eigenvalue weighted by molar-refractivity contribution is 5.30. The van der Waals surface area contributed by atoms with Gasteiger partial charge in [-0.05, 0) is 51.5 Å². The molecule has 252 valence electrons. The average molecular weight is 613 g/mol. The number of ether oxygens (including phenoxy) is 3. The zero-order chi connectivity index (χ0) is 33.1. The summed E-state index contributed by atoms with van der Waals surface area (Å²) in [5.74, 6) is 1.74. The van der Waals surface area contributed by atoms with Gasteiger partial charge in [0.15, 0.2) is 0 Å². The highest BCUT2D eigenvalue weighted by Crippen LogP contribution is 2.19. The van der Waals surface area contributed by atoms with E-state index in [1.165, 1.54) is 44.9 Å². The molecular formula is C35H64O8. The summed E-state index contributed by atoms with van der Waals surface area (Å²) in [6.07, 6.45) is 12.1. The van der Waals surface area contributed by atoms with Crippen LogP contribution in [-0.4, -0.2) is 85.0 Å². The highest BCUT2D eigenvalue weighted by atomic mass is 16.5. The third-order valence-corrected chi connectivity index (χ3v) is 4.71. The Balaban J connectivity index is -0.000000230. The summed E-state index contributed by atoms with van der Waals surface area (Å²) in [5.41, 5.74) is 0. The van der Waals surface area contributed by atoms with Crippen molar-refractivity contribution in [3.05, 3.63) is 73.3 Å². The average Bonchev–Trinajstić information content (AvgIpc) is 3.04. The zero-order valence-electron chi connectivity index (χ0n) is 27.5. The zero-order valence-corrected chi connectivity index (χ0v) is 27.5. The Morgan fingerprint density at radius 3 is 1.19 bits per heavy atom. The molecule has 0 unspecified atom stereocenters. The van der Waals surface area contributed by atoms with Crippen molar-refractivity contribution < 1.29 is 39.7 Å². The van der Waals surface area contributed by atoms with Crippen molar-refractivity contribution >= 4 is 0 Å². The van der Waals surface area contributed by atoms with E-state index in [0.717, 1.165) is 31.1 Å². The van der Waals surface area contributed by atoms with Crippen molar-refractivity contribution in [3.8, 4) is 11.5 Å². The van der Waals surface area contributed by atoms with E-state index in [2.05, 4.69) is 18.2 Å². The molecule has 0 saturated heterocycles. The Bertz CT molecular complexity index is 633. The molecule has 0 aliphatic heterocycles. The van der Waals surface area contributed by atoms with E-state index < -0.39 is 0 Å². The van der Waals surface area contributed by atoms with Crippen molar-refractivity contribution in [2.24, 2.45) is 0 Å². The second-order valence-electron chi connectivity index (χ2n) is 8.62. The van der Waals surface area contributed by atoms with Crippen LogP contribution in [0.1, 0.15) is 79.1 Å². The lowest BCUT2D eigenvalue weighted by atomic mass is 10.1. The lowest BCUT2D eigenvalue weighted by Gasteiger charge is -2.03. The molecule has 0 aliphatic rings. The fourth-order valence-corrected chi connectivity index (χ4v) is 2.79. The van der Waals surface area contributed by atoms with Crippen LogP contribution in [0.2, 0.25) is 0 Å². The maximum atomic E-state index is 8.51. The second kappa shape index (κ2) is 49.4. The smallest absolute Gasteiger partial charge is 0.127 e. The molecule has 2 rings (SSSR count). The Labute approximate surface area is 263 Å². The van der Waals surface area contributed by atoms with Crippen LogP contribution in [0, 0.1) is 0 Å². The molecule has 0 spiro atoms. The van der Waals surface area contributed by atoms with Gasteiger partial charge in [0, 0.05) is 19.8 Å². The number of hydrogen-bond donors (Lipinski definition) is 5. The molecule has 8 heteroatoms. The fraction of sp³-hybridized carbons (Fsp3) is 0.600. The number of unbranched alkanes of at least 4 members (excludes halogenated alkanes) is 7. The van der Waals surface area contributed by atoms with Gasteiger partial charge in [-0.15, -0.1) is 6.58 Å². The molecule has 0 bridgehead atoms. The van der Waals surface area contributed by atoms with Gasteiger partial charge >= 0.3 is 0 Å². The molecule has 0 atom stereocenters. The van der Waals surface area contributed by atoms with Gasteiger partial charge in [-0.1, -0.05) is 94.3 Å². The molecule has 0 fully saturated rings. The van der Waals surface area contributed by atoms with Crippen molar-refractivity contribution in [1.29, 1.82) is 0 Å². The van der Waals surface area contributed by atoms with Gasteiger partial charge in [-0.2, -0.15) is 0 Å². The first kappa shape index (κ1) is 47.6. The maximum Gasteiger partial charge on any atom is 0.127 e. The molecule has 8 nitrogen and oxygen atoms in total. The Morgan fingerprint density at radius 1 is 0.535 bits per heavy atom. The van der Waals surface area contributed by atoms with Gasteiger partial charge in [0.25, 0.3) is 0 Å². The van der Waals surface area contributed by atoms with E-state index in [1.54, 1.807) is 6.08 Å². The number of aliphatic hydroxyl groups excluding tert-OH is 5. The minimum atomic E-state index is -0.125. The molecule has 0 radical (unpaired) electrons. The van der Waals surface area contributed by atoms with Crippen LogP contribution in [0.25, 0.3) is 0 Å². The first-order valence-corrected chi connectivity index (χ1v) is 15.6. The molecule has 0 aromatic heterocycles. The molecule has 0 heterocycles. The van der Waals surface area contributed by atoms with Gasteiger partial charge < -0.3 is 39.7 Å². The number of benzene rings is 2. The van der Waals surface area contributed by atoms with Crippen LogP contribution < -0.4 is 4.74 Å². The van der Waals surface area contributed by atoms with E-state index in [9.17, 15) is 0 Å². The summed E-state index contributed by atoms with van der Waals surface area (Å²) in [6, 6.07) is 19.5. The lowest BCUT2D eigenvalue weighted by Crippen LogP contribution is -2.03. The van der Waals surface area contributed by atoms with Crippen LogP contribution in [-0.2, 0) is 9.47 Å². The van der Waals surface area contributed by atoms with Crippen LogP contribution in [0.3, 0.4) is 0 Å². The molecule has 0 saturated carbocycles. The van der Waals surface area contributed by atoms with Gasteiger partial charge in [0.2, 0.25) is 0 Å². The van der Waals surface area contributed by atoms with E-state index in [1.807, 2.05) is 81.4 Å².